The minimum absolute atomic E-state index is 0.00750. The molecule has 13 heteroatoms. The molecule has 7 rings (SSSR count). The number of pyridine rings is 1. The van der Waals surface area contributed by atoms with Gasteiger partial charge in [-0.25, -0.2) is 14.8 Å². The summed E-state index contributed by atoms with van der Waals surface area (Å²) in [4.78, 5) is 46.6. The second kappa shape index (κ2) is 13.4. The van der Waals surface area contributed by atoms with E-state index in [0.717, 1.165) is 53.1 Å². The van der Waals surface area contributed by atoms with E-state index >= 15 is 0 Å². The number of rotatable bonds is 7. The molecule has 246 valence electrons. The molecule has 2 aliphatic heterocycles. The average Bonchev–Trinajstić information content (AvgIpc) is 3.78. The van der Waals surface area contributed by atoms with Crippen molar-refractivity contribution in [2.24, 2.45) is 7.05 Å². The summed E-state index contributed by atoms with van der Waals surface area (Å²) in [7, 11) is 5.96. The monoisotopic (exact) mass is 646 g/mol. The van der Waals surface area contributed by atoms with Gasteiger partial charge < -0.3 is 30.1 Å². The van der Waals surface area contributed by atoms with Crippen LogP contribution in [0.15, 0.2) is 73.2 Å². The Bertz CT molecular complexity index is 1940. The number of aryl methyl sites for hydroxylation is 1. The minimum Gasteiger partial charge on any atom is -0.378 e. The van der Waals surface area contributed by atoms with E-state index in [1.54, 1.807) is 28.9 Å². The number of ether oxygens (including phenoxy) is 1. The third-order valence-corrected chi connectivity index (χ3v) is 8.84. The summed E-state index contributed by atoms with van der Waals surface area (Å²) in [5.41, 5.74) is 5.95. The molecule has 0 bridgehead atoms. The van der Waals surface area contributed by atoms with Gasteiger partial charge in [0.25, 0.3) is 5.91 Å². The standard InChI is InChI=1S/C35H38N10O3/c1-42(2)29-12-13-45(22-29)34(46)24-6-10-28(11-7-24)39-35(47)38-27-8-4-23(5-9-27)32-40-30-18-25(26-20-37-43(3)21-26)19-36-31(30)33(41-32)44-14-16-48-17-15-44/h4-11,18-21,29H,12-17,22H2,1-3H3,(H2,38,39,47). The van der Waals surface area contributed by atoms with Crippen molar-refractivity contribution in [3.63, 3.8) is 0 Å². The number of nitrogens with zero attached hydrogens (tertiary/aromatic N) is 8. The Morgan fingerprint density at radius 2 is 1.58 bits per heavy atom. The summed E-state index contributed by atoms with van der Waals surface area (Å²) in [6.45, 7) is 4.13. The van der Waals surface area contributed by atoms with Crippen molar-refractivity contribution in [3.05, 3.63) is 78.8 Å². The molecular weight excluding hydrogens is 608 g/mol. The maximum Gasteiger partial charge on any atom is 0.323 e. The zero-order chi connectivity index (χ0) is 33.2. The second-order valence-corrected chi connectivity index (χ2v) is 12.4. The summed E-state index contributed by atoms with van der Waals surface area (Å²) in [6.07, 6.45) is 6.55. The first-order valence-corrected chi connectivity index (χ1v) is 16.0. The van der Waals surface area contributed by atoms with Gasteiger partial charge in [0.05, 0.1) is 24.9 Å². The summed E-state index contributed by atoms with van der Waals surface area (Å²) < 4.78 is 7.34. The largest absolute Gasteiger partial charge is 0.378 e. The normalized spacial score (nSPS) is 16.5. The van der Waals surface area contributed by atoms with Gasteiger partial charge in [0.1, 0.15) is 5.52 Å². The van der Waals surface area contributed by atoms with E-state index in [0.29, 0.717) is 55.1 Å². The highest BCUT2D eigenvalue weighted by molar-refractivity contribution is 6.00. The van der Waals surface area contributed by atoms with Crippen LogP contribution in [0.3, 0.4) is 0 Å². The summed E-state index contributed by atoms with van der Waals surface area (Å²) in [5.74, 6) is 1.34. The summed E-state index contributed by atoms with van der Waals surface area (Å²) in [6, 6.07) is 16.4. The number of hydrogen-bond acceptors (Lipinski definition) is 9. The highest BCUT2D eigenvalue weighted by atomic mass is 16.5. The van der Waals surface area contributed by atoms with Crippen LogP contribution in [-0.4, -0.2) is 106 Å². The average molecular weight is 647 g/mol. The lowest BCUT2D eigenvalue weighted by atomic mass is 10.1. The van der Waals surface area contributed by atoms with Crippen LogP contribution in [0.25, 0.3) is 33.5 Å². The molecule has 3 aromatic heterocycles. The van der Waals surface area contributed by atoms with Crippen molar-refractivity contribution in [1.29, 1.82) is 0 Å². The fraction of sp³-hybridized carbons (Fsp3) is 0.314. The van der Waals surface area contributed by atoms with Gasteiger partial charge in [-0.15, -0.1) is 0 Å². The molecule has 3 amide bonds. The Balaban J connectivity index is 1.05. The number of morpholine rings is 1. The van der Waals surface area contributed by atoms with Crippen molar-refractivity contribution in [2.45, 2.75) is 12.5 Å². The molecule has 2 aromatic carbocycles. The maximum atomic E-state index is 12.9. The van der Waals surface area contributed by atoms with Crippen LogP contribution >= 0.6 is 0 Å². The van der Waals surface area contributed by atoms with Gasteiger partial charge in [0.2, 0.25) is 0 Å². The van der Waals surface area contributed by atoms with Crippen LogP contribution in [0, 0.1) is 0 Å². The van der Waals surface area contributed by atoms with Crippen LogP contribution in [0.1, 0.15) is 16.8 Å². The molecular formula is C35H38N10O3. The van der Waals surface area contributed by atoms with Crippen LogP contribution in [-0.2, 0) is 11.8 Å². The van der Waals surface area contributed by atoms with Crippen LogP contribution in [0.2, 0.25) is 0 Å². The van der Waals surface area contributed by atoms with Crippen LogP contribution < -0.4 is 15.5 Å². The molecule has 1 atom stereocenters. The molecule has 2 saturated heterocycles. The van der Waals surface area contributed by atoms with E-state index in [1.807, 2.05) is 75.0 Å². The first-order chi connectivity index (χ1) is 23.3. The maximum absolute atomic E-state index is 12.9. The molecule has 5 aromatic rings. The third kappa shape index (κ3) is 6.68. The van der Waals surface area contributed by atoms with Crippen LogP contribution in [0.4, 0.5) is 22.0 Å². The van der Waals surface area contributed by atoms with E-state index in [2.05, 4.69) is 25.5 Å². The number of benzene rings is 2. The second-order valence-electron chi connectivity index (χ2n) is 12.4. The lowest BCUT2D eigenvalue weighted by molar-refractivity contribution is 0.0783. The third-order valence-electron chi connectivity index (χ3n) is 8.84. The van der Waals surface area contributed by atoms with Crippen molar-refractivity contribution in [2.75, 3.05) is 69.0 Å². The Morgan fingerprint density at radius 1 is 0.875 bits per heavy atom. The van der Waals surface area contributed by atoms with Crippen molar-refractivity contribution < 1.29 is 14.3 Å². The van der Waals surface area contributed by atoms with Gasteiger partial charge >= 0.3 is 6.03 Å². The smallest absolute Gasteiger partial charge is 0.323 e. The number of urea groups is 1. The topological polar surface area (TPSA) is 134 Å². The predicted octanol–water partition coefficient (Wildman–Crippen LogP) is 4.35. The fourth-order valence-corrected chi connectivity index (χ4v) is 6.08. The van der Waals surface area contributed by atoms with Crippen molar-refractivity contribution in [3.8, 4) is 22.5 Å². The molecule has 0 aliphatic carbocycles. The molecule has 13 nitrogen and oxygen atoms in total. The number of nitrogens with one attached hydrogen (secondary N) is 2. The fourth-order valence-electron chi connectivity index (χ4n) is 6.08. The van der Waals surface area contributed by atoms with E-state index < -0.39 is 0 Å². The quantitative estimate of drug-likeness (QED) is 0.265. The van der Waals surface area contributed by atoms with E-state index in [9.17, 15) is 9.59 Å². The van der Waals surface area contributed by atoms with Crippen molar-refractivity contribution in [1.82, 2.24) is 34.5 Å². The lowest BCUT2D eigenvalue weighted by Crippen LogP contribution is -2.37. The SMILES string of the molecule is CN(C)C1CCN(C(=O)c2ccc(NC(=O)Nc3ccc(-c4nc(N5CCOCC5)c5ncc(-c6cnn(C)c6)cc5n4)cc3)cc2)C1. The van der Waals surface area contributed by atoms with E-state index in [-0.39, 0.29) is 11.9 Å². The Kier molecular flexibility index (Phi) is 8.70. The molecule has 48 heavy (non-hydrogen) atoms. The minimum atomic E-state index is -0.388. The highest BCUT2D eigenvalue weighted by Crippen LogP contribution is 2.30. The predicted molar refractivity (Wildman–Crippen MR) is 185 cm³/mol. The lowest BCUT2D eigenvalue weighted by Gasteiger charge is -2.28. The number of carbonyl (C=O) groups excluding carboxylic acids is 2. The zero-order valence-corrected chi connectivity index (χ0v) is 27.3. The number of amides is 3. The Morgan fingerprint density at radius 3 is 2.23 bits per heavy atom. The van der Waals surface area contributed by atoms with E-state index in [1.165, 1.54) is 0 Å². The van der Waals surface area contributed by atoms with Gasteiger partial charge in [-0.05, 0) is 75.1 Å². The number of anilines is 3. The Hall–Kier alpha value is -5.40. The highest BCUT2D eigenvalue weighted by Gasteiger charge is 2.28. The number of aromatic nitrogens is 5. The molecule has 2 aliphatic rings. The Labute approximate surface area is 278 Å². The molecule has 0 spiro atoms. The molecule has 0 radical (unpaired) electrons. The van der Waals surface area contributed by atoms with Gasteiger partial charge in [-0.2, -0.15) is 5.10 Å². The van der Waals surface area contributed by atoms with Gasteiger partial charge in [-0.3, -0.25) is 14.5 Å². The van der Waals surface area contributed by atoms with Gasteiger partial charge in [0, 0.05) is 85.3 Å². The molecule has 0 saturated carbocycles. The first-order valence-electron chi connectivity index (χ1n) is 16.0. The molecule has 1 unspecified atom stereocenters. The molecule has 2 N–H and O–H groups in total. The van der Waals surface area contributed by atoms with Crippen LogP contribution in [0.5, 0.6) is 0 Å². The number of fused-ring (bicyclic) bond motifs is 1. The number of hydrogen-bond donors (Lipinski definition) is 2. The first kappa shape index (κ1) is 31.2. The van der Waals surface area contributed by atoms with Gasteiger partial charge in [0.15, 0.2) is 11.6 Å². The number of likely N-dealkylation sites (N-methyl/N-ethyl adjacent to an activating group) is 1. The summed E-state index contributed by atoms with van der Waals surface area (Å²) in [5, 5.41) is 10.0. The zero-order valence-electron chi connectivity index (χ0n) is 27.3. The van der Waals surface area contributed by atoms with Crippen molar-refractivity contribution >= 4 is 40.2 Å². The molecule has 2 fully saturated rings. The molecule has 5 heterocycles. The number of likely N-dealkylation sites (tertiary alicyclic amines) is 1. The van der Waals surface area contributed by atoms with E-state index in [4.69, 9.17) is 19.7 Å². The van der Waals surface area contributed by atoms with Gasteiger partial charge in [-0.1, -0.05) is 0 Å². The number of carbonyl (C=O) groups is 2. The summed E-state index contributed by atoms with van der Waals surface area (Å²) >= 11 is 0.